The zero-order valence-corrected chi connectivity index (χ0v) is 21.6. The predicted octanol–water partition coefficient (Wildman–Crippen LogP) is 6.83. The number of hydrogen-bond donors (Lipinski definition) is 0. The van der Waals surface area contributed by atoms with Crippen molar-refractivity contribution in [2.75, 3.05) is 0 Å². The maximum absolute atomic E-state index is 13.6. The average molecular weight is 596 g/mol. The molecule has 0 aliphatic heterocycles. The first kappa shape index (κ1) is 28.2. The second kappa shape index (κ2) is 10.6. The highest BCUT2D eigenvalue weighted by Gasteiger charge is 2.37. The summed E-state index contributed by atoms with van der Waals surface area (Å²) in [6, 6.07) is 8.38. The highest BCUT2D eigenvalue weighted by atomic mass is 35.5. The van der Waals surface area contributed by atoms with Gasteiger partial charge in [-0.3, -0.25) is 4.98 Å². The number of hydrogen-bond acceptors (Lipinski definition) is 5. The topological polar surface area (TPSA) is 74.3 Å². The monoisotopic (exact) mass is 595 g/mol. The van der Waals surface area contributed by atoms with Crippen LogP contribution in [-0.4, -0.2) is 34.7 Å². The molecule has 0 aliphatic carbocycles. The van der Waals surface area contributed by atoms with Gasteiger partial charge in [0.25, 0.3) is 0 Å². The summed E-state index contributed by atoms with van der Waals surface area (Å²) in [4.78, 5) is 3.96. The second-order valence-electron chi connectivity index (χ2n) is 8.99. The number of halogens is 8. The van der Waals surface area contributed by atoms with E-state index in [1.54, 1.807) is 23.6 Å². The van der Waals surface area contributed by atoms with Crippen LogP contribution >= 0.6 is 11.6 Å². The molecule has 212 valence electrons. The lowest BCUT2D eigenvalue weighted by Gasteiger charge is -2.15. The van der Waals surface area contributed by atoms with E-state index in [4.69, 9.17) is 11.6 Å². The molecule has 0 bridgehead atoms. The van der Waals surface area contributed by atoms with E-state index in [1.807, 2.05) is 0 Å². The highest BCUT2D eigenvalue weighted by Crippen LogP contribution is 2.37. The highest BCUT2D eigenvalue weighted by molar-refractivity contribution is 6.31. The molecule has 0 spiro atoms. The van der Waals surface area contributed by atoms with Gasteiger partial charge in [-0.05, 0) is 60.5 Å². The normalized spacial score (nSPS) is 12.2. The van der Waals surface area contributed by atoms with Crippen LogP contribution in [0.4, 0.5) is 30.7 Å². The van der Waals surface area contributed by atoms with E-state index in [2.05, 4.69) is 25.5 Å². The van der Waals surface area contributed by atoms with Crippen molar-refractivity contribution in [1.29, 1.82) is 0 Å². The van der Waals surface area contributed by atoms with Crippen molar-refractivity contribution >= 4 is 11.6 Å². The summed E-state index contributed by atoms with van der Waals surface area (Å²) in [5.74, 6) is 0.106. The van der Waals surface area contributed by atoms with Crippen molar-refractivity contribution < 1.29 is 30.7 Å². The minimum absolute atomic E-state index is 0.0614. The van der Waals surface area contributed by atoms with Crippen LogP contribution < -0.4 is 0 Å². The summed E-state index contributed by atoms with van der Waals surface area (Å²) in [5.41, 5.74) is -1.78. The molecule has 5 aromatic rings. The summed E-state index contributed by atoms with van der Waals surface area (Å²) in [7, 11) is 0. The molecule has 2 aromatic carbocycles. The zero-order chi connectivity index (χ0) is 29.5. The molecule has 0 saturated carbocycles. The van der Waals surface area contributed by atoms with Gasteiger partial charge in [-0.15, -0.1) is 15.3 Å². The fourth-order valence-corrected chi connectivity index (χ4v) is 4.45. The largest absolute Gasteiger partial charge is 0.416 e. The van der Waals surface area contributed by atoms with E-state index in [1.165, 1.54) is 29.2 Å². The smallest absolute Gasteiger partial charge is 0.305 e. The molecule has 0 amide bonds. The lowest BCUT2D eigenvalue weighted by atomic mass is 10.0. The summed E-state index contributed by atoms with van der Waals surface area (Å²) in [5, 5.41) is 16.7. The van der Waals surface area contributed by atoms with Crippen molar-refractivity contribution in [2.45, 2.75) is 32.4 Å². The van der Waals surface area contributed by atoms with Crippen LogP contribution in [0, 0.1) is 12.7 Å². The average Bonchev–Trinajstić information content (AvgIpc) is 3.47. The van der Waals surface area contributed by atoms with Crippen molar-refractivity contribution in [3.05, 3.63) is 99.8 Å². The Kier molecular flexibility index (Phi) is 7.28. The minimum Gasteiger partial charge on any atom is -0.305 e. The molecule has 15 heteroatoms. The summed E-state index contributed by atoms with van der Waals surface area (Å²) < 4.78 is 97.2. The van der Waals surface area contributed by atoms with Crippen LogP contribution in [0.2, 0.25) is 5.02 Å². The summed E-state index contributed by atoms with van der Waals surface area (Å²) in [6.45, 7) is 1.29. The van der Waals surface area contributed by atoms with E-state index >= 15 is 0 Å². The molecule has 0 unspecified atom stereocenters. The first-order chi connectivity index (χ1) is 19.3. The van der Waals surface area contributed by atoms with Crippen LogP contribution in [0.25, 0.3) is 22.8 Å². The fourth-order valence-electron chi connectivity index (χ4n) is 4.22. The number of alkyl halides is 6. The van der Waals surface area contributed by atoms with Gasteiger partial charge in [-0.1, -0.05) is 22.9 Å². The summed E-state index contributed by atoms with van der Waals surface area (Å²) >= 11 is 6.21. The van der Waals surface area contributed by atoms with Crippen LogP contribution in [0.3, 0.4) is 0 Å². The fraction of sp³-hybridized carbons (Fsp3) is 0.192. The third-order valence-corrected chi connectivity index (χ3v) is 6.51. The predicted molar refractivity (Wildman–Crippen MR) is 133 cm³/mol. The molecule has 3 heterocycles. The molecule has 0 N–H and O–H groups in total. The molecule has 0 saturated heterocycles. The number of benzene rings is 2. The van der Waals surface area contributed by atoms with Crippen LogP contribution in [-0.2, 0) is 25.4 Å². The summed E-state index contributed by atoms with van der Waals surface area (Å²) in [6.07, 6.45) is -7.10. The molecule has 3 aromatic heterocycles. The molecule has 0 aliphatic rings. The van der Waals surface area contributed by atoms with Crippen molar-refractivity contribution in [1.82, 2.24) is 34.7 Å². The Hall–Kier alpha value is -4.33. The molecule has 7 nitrogen and oxygen atoms in total. The number of aryl methyl sites for hydroxylation is 1. The quantitative estimate of drug-likeness (QED) is 0.201. The molecular formula is C26H17ClF7N7. The number of rotatable bonds is 6. The molecule has 0 radical (unpaired) electrons. The minimum atomic E-state index is -5.01. The van der Waals surface area contributed by atoms with Gasteiger partial charge >= 0.3 is 12.4 Å². The maximum Gasteiger partial charge on any atom is 0.416 e. The van der Waals surface area contributed by atoms with Crippen LogP contribution in [0.5, 0.6) is 0 Å². The zero-order valence-electron chi connectivity index (χ0n) is 20.8. The van der Waals surface area contributed by atoms with Crippen LogP contribution in [0.15, 0.2) is 60.9 Å². The first-order valence-corrected chi connectivity index (χ1v) is 12.2. The van der Waals surface area contributed by atoms with E-state index < -0.39 is 35.8 Å². The van der Waals surface area contributed by atoms with Gasteiger partial charge in [0.05, 0.1) is 24.2 Å². The van der Waals surface area contributed by atoms with Gasteiger partial charge in [-0.2, -0.15) is 26.3 Å². The molecule has 0 atom stereocenters. The van der Waals surface area contributed by atoms with E-state index in [0.29, 0.717) is 29.1 Å². The van der Waals surface area contributed by atoms with Gasteiger partial charge in [0, 0.05) is 23.0 Å². The van der Waals surface area contributed by atoms with Gasteiger partial charge in [-0.25, -0.2) is 9.07 Å². The Balaban J connectivity index is 1.63. The van der Waals surface area contributed by atoms with Gasteiger partial charge in [0.15, 0.2) is 11.5 Å². The standard InChI is InChI=1S/C26H17ClF7N7/c1-14-36-38-24(40(14)13-17-2-3-20(28)11-21(17)27)22-23(16-4-6-35-7-5-16)41(39-37-22)12-15-8-18(25(29,30)31)10-19(9-15)26(32,33)34/h2-11H,12-13H2,1H3. The first-order valence-electron chi connectivity index (χ1n) is 11.8. The third-order valence-electron chi connectivity index (χ3n) is 6.16. The molecule has 5 rings (SSSR count). The number of pyridine rings is 1. The Labute approximate surface area is 232 Å². The van der Waals surface area contributed by atoms with E-state index in [-0.39, 0.29) is 40.4 Å². The SMILES string of the molecule is Cc1nnc(-c2nnn(Cc3cc(C(F)(F)F)cc(C(F)(F)F)c3)c2-c2ccncc2)n1Cc1ccc(F)cc1Cl. The molecule has 0 fully saturated rings. The van der Waals surface area contributed by atoms with Gasteiger partial charge in [0.1, 0.15) is 17.3 Å². The second-order valence-corrected chi connectivity index (χ2v) is 9.39. The number of nitrogens with zero attached hydrogens (tertiary/aromatic N) is 7. The molecular weight excluding hydrogens is 579 g/mol. The lowest BCUT2D eigenvalue weighted by Crippen LogP contribution is -2.13. The Morgan fingerprint density at radius 3 is 2.07 bits per heavy atom. The molecule has 41 heavy (non-hydrogen) atoms. The number of aromatic nitrogens is 7. The van der Waals surface area contributed by atoms with Crippen LogP contribution in [0.1, 0.15) is 28.1 Å². The van der Waals surface area contributed by atoms with E-state index in [9.17, 15) is 30.7 Å². The lowest BCUT2D eigenvalue weighted by molar-refractivity contribution is -0.143. The van der Waals surface area contributed by atoms with Crippen molar-refractivity contribution in [3.8, 4) is 22.8 Å². The van der Waals surface area contributed by atoms with Crippen molar-refractivity contribution in [3.63, 3.8) is 0 Å². The van der Waals surface area contributed by atoms with Crippen molar-refractivity contribution in [2.24, 2.45) is 0 Å². The maximum atomic E-state index is 13.6. The Morgan fingerprint density at radius 1 is 0.805 bits per heavy atom. The van der Waals surface area contributed by atoms with E-state index in [0.717, 1.165) is 6.07 Å². The third kappa shape index (κ3) is 5.92. The Bertz CT molecular complexity index is 1680. The Morgan fingerprint density at radius 2 is 1.46 bits per heavy atom. The van der Waals surface area contributed by atoms with Gasteiger partial charge < -0.3 is 4.57 Å². The van der Waals surface area contributed by atoms with Gasteiger partial charge in [0.2, 0.25) is 0 Å².